The molecule has 0 spiro atoms. The Labute approximate surface area is 153 Å². The van der Waals surface area contributed by atoms with Crippen molar-refractivity contribution >= 4 is 21.6 Å². The molecule has 0 unspecified atom stereocenters. The van der Waals surface area contributed by atoms with E-state index in [1.54, 1.807) is 0 Å². The van der Waals surface area contributed by atoms with Gasteiger partial charge in [0.05, 0.1) is 18.9 Å². The Hall–Kier alpha value is -2.43. The summed E-state index contributed by atoms with van der Waals surface area (Å²) in [6, 6.07) is 5.38. The minimum atomic E-state index is -4.16. The van der Waals surface area contributed by atoms with E-state index in [9.17, 15) is 26.4 Å². The van der Waals surface area contributed by atoms with Crippen molar-refractivity contribution in [3.05, 3.63) is 59.4 Å². The van der Waals surface area contributed by atoms with Gasteiger partial charge in [-0.3, -0.25) is 4.79 Å². The molecule has 1 heterocycles. The highest BCUT2D eigenvalue weighted by Gasteiger charge is 2.29. The van der Waals surface area contributed by atoms with Gasteiger partial charge in [-0.25, -0.2) is 21.6 Å². The molecule has 3 rings (SSSR count). The quantitative estimate of drug-likeness (QED) is 0.855. The third-order valence-corrected chi connectivity index (χ3v) is 5.87. The number of hydrogen-bond acceptors (Lipinski definition) is 4. The van der Waals surface area contributed by atoms with E-state index in [2.05, 4.69) is 5.32 Å². The number of nitrogens with one attached hydrogen (secondary N) is 1. The normalized spacial score (nSPS) is 15.5. The molecule has 1 fully saturated rings. The second-order valence-electron chi connectivity index (χ2n) is 5.74. The van der Waals surface area contributed by atoms with Crippen LogP contribution in [0.2, 0.25) is 0 Å². The van der Waals surface area contributed by atoms with Crippen molar-refractivity contribution in [1.82, 2.24) is 4.31 Å². The Morgan fingerprint density at radius 2 is 1.70 bits per heavy atom. The number of rotatable bonds is 4. The number of carbonyl (C=O) groups excluding carboxylic acids is 1. The molecule has 1 aliphatic rings. The Kier molecular flexibility index (Phi) is 5.49. The summed E-state index contributed by atoms with van der Waals surface area (Å²) >= 11 is 0. The van der Waals surface area contributed by atoms with Gasteiger partial charge in [-0.05, 0) is 30.3 Å². The summed E-state index contributed by atoms with van der Waals surface area (Å²) in [5, 5.41) is 2.20. The van der Waals surface area contributed by atoms with Crippen LogP contribution in [0.15, 0.2) is 41.3 Å². The molecule has 6 nitrogen and oxygen atoms in total. The highest BCUT2D eigenvalue weighted by Crippen LogP contribution is 2.23. The van der Waals surface area contributed by atoms with Crippen LogP contribution in [-0.4, -0.2) is 44.9 Å². The number of halogens is 3. The lowest BCUT2D eigenvalue weighted by molar-refractivity contribution is 0.0729. The van der Waals surface area contributed by atoms with Gasteiger partial charge in [0, 0.05) is 24.7 Å². The maximum absolute atomic E-state index is 14.1. The fraction of sp³-hybridized carbons (Fsp3) is 0.235. The molecule has 27 heavy (non-hydrogen) atoms. The van der Waals surface area contributed by atoms with Gasteiger partial charge in [-0.2, -0.15) is 4.31 Å². The minimum Gasteiger partial charge on any atom is -0.379 e. The number of benzene rings is 2. The van der Waals surface area contributed by atoms with Gasteiger partial charge in [0.1, 0.15) is 22.3 Å². The van der Waals surface area contributed by atoms with Gasteiger partial charge >= 0.3 is 0 Å². The Morgan fingerprint density at radius 1 is 1.00 bits per heavy atom. The molecule has 0 saturated carbocycles. The lowest BCUT2D eigenvalue weighted by atomic mass is 10.2. The van der Waals surface area contributed by atoms with Crippen LogP contribution in [0, 0.1) is 17.5 Å². The predicted molar refractivity (Wildman–Crippen MR) is 90.3 cm³/mol. The molecule has 2 aromatic rings. The van der Waals surface area contributed by atoms with Crippen molar-refractivity contribution in [2.45, 2.75) is 4.90 Å². The van der Waals surface area contributed by atoms with Crippen LogP contribution in [-0.2, 0) is 14.8 Å². The van der Waals surface area contributed by atoms with Gasteiger partial charge < -0.3 is 10.1 Å². The zero-order valence-electron chi connectivity index (χ0n) is 13.9. The Morgan fingerprint density at radius 3 is 2.37 bits per heavy atom. The van der Waals surface area contributed by atoms with Crippen LogP contribution in [0.3, 0.4) is 0 Å². The minimum absolute atomic E-state index is 0.0684. The van der Waals surface area contributed by atoms with Crippen LogP contribution in [0.25, 0.3) is 0 Å². The van der Waals surface area contributed by atoms with Crippen molar-refractivity contribution < 1.29 is 31.1 Å². The topological polar surface area (TPSA) is 75.7 Å². The molecule has 0 bridgehead atoms. The number of hydrogen-bond donors (Lipinski definition) is 1. The maximum atomic E-state index is 14.1. The van der Waals surface area contributed by atoms with Gasteiger partial charge in [0.2, 0.25) is 10.0 Å². The highest BCUT2D eigenvalue weighted by atomic mass is 32.2. The second-order valence-corrected chi connectivity index (χ2v) is 7.65. The smallest absolute Gasteiger partial charge is 0.255 e. The van der Waals surface area contributed by atoms with Crippen molar-refractivity contribution in [1.29, 1.82) is 0 Å². The van der Waals surface area contributed by atoms with Gasteiger partial charge in [-0.1, -0.05) is 0 Å². The monoisotopic (exact) mass is 400 g/mol. The van der Waals surface area contributed by atoms with Crippen molar-refractivity contribution in [2.75, 3.05) is 31.6 Å². The Balaban J connectivity index is 1.89. The number of nitrogens with zero attached hydrogens (tertiary/aromatic N) is 1. The summed E-state index contributed by atoms with van der Waals surface area (Å²) in [6.07, 6.45) is 0. The number of carbonyl (C=O) groups is 1. The molecule has 0 aliphatic carbocycles. The van der Waals surface area contributed by atoms with Gasteiger partial charge in [-0.15, -0.1) is 0 Å². The first-order valence-corrected chi connectivity index (χ1v) is 9.37. The van der Waals surface area contributed by atoms with E-state index in [1.807, 2.05) is 0 Å². The summed E-state index contributed by atoms with van der Waals surface area (Å²) in [7, 11) is -4.16. The lowest BCUT2D eigenvalue weighted by Crippen LogP contribution is -2.41. The largest absolute Gasteiger partial charge is 0.379 e. The summed E-state index contributed by atoms with van der Waals surface area (Å²) in [5.41, 5.74) is -0.477. The molecule has 0 atom stereocenters. The van der Waals surface area contributed by atoms with E-state index in [-0.39, 0.29) is 37.6 Å². The van der Waals surface area contributed by atoms with E-state index in [0.717, 1.165) is 34.6 Å². The second kappa shape index (κ2) is 7.67. The highest BCUT2D eigenvalue weighted by molar-refractivity contribution is 7.89. The molecule has 1 N–H and O–H groups in total. The fourth-order valence-corrected chi connectivity index (χ4v) is 4.05. The van der Waals surface area contributed by atoms with Crippen LogP contribution in [0.5, 0.6) is 0 Å². The fourth-order valence-electron chi connectivity index (χ4n) is 2.55. The first-order chi connectivity index (χ1) is 12.8. The molecule has 1 aliphatic heterocycles. The average molecular weight is 400 g/mol. The van der Waals surface area contributed by atoms with Gasteiger partial charge in [0.25, 0.3) is 5.91 Å². The van der Waals surface area contributed by atoms with E-state index in [4.69, 9.17) is 4.74 Å². The lowest BCUT2D eigenvalue weighted by Gasteiger charge is -2.26. The first kappa shape index (κ1) is 19.3. The van der Waals surface area contributed by atoms with E-state index < -0.39 is 38.3 Å². The Bertz CT molecular complexity index is 976. The number of morpholine rings is 1. The standard InChI is InChI=1S/C17H15F3N2O4S/c18-12-2-4-15(14(20)10-12)21-17(23)11-1-3-13(19)16(9-11)27(24,25)22-5-7-26-8-6-22/h1-4,9-10H,5-8H2,(H,21,23). The number of sulfonamides is 1. The van der Waals surface area contributed by atoms with Crippen LogP contribution < -0.4 is 5.32 Å². The molecule has 1 saturated heterocycles. The van der Waals surface area contributed by atoms with Crippen molar-refractivity contribution in [3.8, 4) is 0 Å². The number of amides is 1. The van der Waals surface area contributed by atoms with E-state index in [1.165, 1.54) is 0 Å². The summed E-state index contributed by atoms with van der Waals surface area (Å²) in [4.78, 5) is 11.6. The summed E-state index contributed by atoms with van der Waals surface area (Å²) in [5.74, 6) is -3.68. The first-order valence-electron chi connectivity index (χ1n) is 7.93. The summed E-state index contributed by atoms with van der Waals surface area (Å²) < 4.78 is 72.2. The van der Waals surface area contributed by atoms with Crippen molar-refractivity contribution in [2.24, 2.45) is 0 Å². The molecule has 0 aromatic heterocycles. The molecular weight excluding hydrogens is 385 g/mol. The summed E-state index contributed by atoms with van der Waals surface area (Å²) in [6.45, 7) is 0.508. The van der Waals surface area contributed by atoms with E-state index in [0.29, 0.717) is 6.07 Å². The predicted octanol–water partition coefficient (Wildman–Crippen LogP) is 2.38. The van der Waals surface area contributed by atoms with Crippen molar-refractivity contribution in [3.63, 3.8) is 0 Å². The zero-order valence-corrected chi connectivity index (χ0v) is 14.7. The SMILES string of the molecule is O=C(Nc1ccc(F)cc1F)c1ccc(F)c(S(=O)(=O)N2CCOCC2)c1. The number of anilines is 1. The average Bonchev–Trinajstić information content (AvgIpc) is 2.65. The van der Waals surface area contributed by atoms with Crippen LogP contribution in [0.4, 0.5) is 18.9 Å². The third-order valence-electron chi connectivity index (χ3n) is 3.96. The van der Waals surface area contributed by atoms with Crippen LogP contribution in [0.1, 0.15) is 10.4 Å². The van der Waals surface area contributed by atoms with E-state index >= 15 is 0 Å². The van der Waals surface area contributed by atoms with Gasteiger partial charge in [0.15, 0.2) is 0 Å². The van der Waals surface area contributed by atoms with Crippen LogP contribution >= 0.6 is 0 Å². The molecule has 1 amide bonds. The molecule has 10 heteroatoms. The third kappa shape index (κ3) is 4.12. The number of ether oxygens (including phenoxy) is 1. The molecule has 0 radical (unpaired) electrons. The molecule has 2 aromatic carbocycles. The molecular formula is C17H15F3N2O4S. The molecule has 144 valence electrons. The zero-order chi connectivity index (χ0) is 19.6. The maximum Gasteiger partial charge on any atom is 0.255 e.